The predicted octanol–water partition coefficient (Wildman–Crippen LogP) is 6.39. The third-order valence-corrected chi connectivity index (χ3v) is 6.40. The number of hydrogen-bond donors (Lipinski definition) is 1. The molecule has 0 spiro atoms. The number of pyridine rings is 1. The van der Waals surface area contributed by atoms with E-state index in [9.17, 15) is 0 Å². The molecule has 2 N–H and O–H groups in total. The van der Waals surface area contributed by atoms with Crippen molar-refractivity contribution in [3.8, 4) is 17.2 Å². The minimum atomic E-state index is -0.0555. The Balaban J connectivity index is 1.45. The number of thiocarbonyl (C=S) groups is 1. The average molecular weight is 503 g/mol. The maximum absolute atomic E-state index is 6.23. The van der Waals surface area contributed by atoms with Gasteiger partial charge in [0.25, 0.3) is 0 Å². The fraction of sp³-hybridized carbons (Fsp3) is 0.148. The molecule has 5 rings (SSSR count). The molecule has 0 bridgehead atoms. The first-order chi connectivity index (χ1) is 16.9. The molecule has 0 amide bonds. The first kappa shape index (κ1) is 23.1. The molecule has 8 heteroatoms. The number of nitrogens with zero attached hydrogens (tertiary/aromatic N) is 3. The van der Waals surface area contributed by atoms with Crippen molar-refractivity contribution in [2.75, 3.05) is 7.11 Å². The second-order valence-electron chi connectivity index (χ2n) is 8.30. The normalized spacial score (nSPS) is 15.2. The Bertz CT molecular complexity index is 1460. The highest BCUT2D eigenvalue weighted by molar-refractivity contribution is 7.80. The van der Waals surface area contributed by atoms with Crippen LogP contribution in [-0.4, -0.2) is 27.9 Å². The van der Waals surface area contributed by atoms with Crippen LogP contribution >= 0.6 is 23.8 Å². The van der Waals surface area contributed by atoms with E-state index in [0.717, 1.165) is 27.7 Å². The highest BCUT2D eigenvalue weighted by atomic mass is 35.5. The van der Waals surface area contributed by atoms with Gasteiger partial charge in [0, 0.05) is 28.6 Å². The summed E-state index contributed by atoms with van der Waals surface area (Å²) in [4.78, 5) is 4.37. The Hall–Kier alpha value is -3.68. The monoisotopic (exact) mass is 502 g/mol. The van der Waals surface area contributed by atoms with Crippen LogP contribution in [0.4, 0.5) is 0 Å². The number of methoxy groups -OCH3 is 1. The van der Waals surface area contributed by atoms with E-state index in [1.807, 2.05) is 36.4 Å². The number of hydrazone groups is 1. The lowest BCUT2D eigenvalue weighted by atomic mass is 9.97. The summed E-state index contributed by atoms with van der Waals surface area (Å²) in [6, 6.07) is 21.4. The first-order valence-corrected chi connectivity index (χ1v) is 11.8. The topological polar surface area (TPSA) is 73.0 Å². The summed E-state index contributed by atoms with van der Waals surface area (Å²) in [6.45, 7) is 2.06. The number of benzene rings is 3. The van der Waals surface area contributed by atoms with Gasteiger partial charge >= 0.3 is 0 Å². The van der Waals surface area contributed by atoms with E-state index in [-0.39, 0.29) is 11.2 Å². The smallest absolute Gasteiger partial charge is 0.187 e. The van der Waals surface area contributed by atoms with Crippen LogP contribution in [0.5, 0.6) is 17.2 Å². The molecule has 1 aromatic heterocycles. The van der Waals surface area contributed by atoms with Gasteiger partial charge < -0.3 is 15.2 Å². The fourth-order valence-electron chi connectivity index (χ4n) is 4.17. The lowest BCUT2D eigenvalue weighted by molar-refractivity contribution is 0.372. The van der Waals surface area contributed by atoms with E-state index in [2.05, 4.69) is 36.2 Å². The molecule has 2 heterocycles. The van der Waals surface area contributed by atoms with E-state index in [0.29, 0.717) is 28.7 Å². The molecule has 0 saturated heterocycles. The van der Waals surface area contributed by atoms with Gasteiger partial charge in [0.15, 0.2) is 16.6 Å². The lowest BCUT2D eigenvalue weighted by Gasteiger charge is -2.22. The predicted molar refractivity (Wildman–Crippen MR) is 144 cm³/mol. The van der Waals surface area contributed by atoms with Gasteiger partial charge in [-0.3, -0.25) is 4.98 Å². The number of rotatable bonds is 5. The average Bonchev–Trinajstić information content (AvgIpc) is 3.30. The maximum atomic E-state index is 6.23. The molecule has 1 atom stereocenters. The zero-order valence-electron chi connectivity index (χ0n) is 19.2. The number of aryl methyl sites for hydroxylation is 1. The standard InChI is InChI=1S/C27H23ClN4O2S/c1-16-3-5-17(6-4-16)23-15-21(31-32(23)27(29)35)18-7-10-25(26(13-18)33-2)34-24-11-12-30-22-14-19(28)8-9-20(22)24/h3-14,23H,15H2,1-2H3,(H2,29,35). The van der Waals surface area contributed by atoms with Crippen molar-refractivity contribution in [1.29, 1.82) is 0 Å². The molecule has 3 aromatic carbocycles. The maximum Gasteiger partial charge on any atom is 0.187 e. The summed E-state index contributed by atoms with van der Waals surface area (Å²) < 4.78 is 11.9. The lowest BCUT2D eigenvalue weighted by Crippen LogP contribution is -2.31. The highest BCUT2D eigenvalue weighted by Gasteiger charge is 2.30. The van der Waals surface area contributed by atoms with Gasteiger partial charge in [0.05, 0.1) is 24.4 Å². The minimum Gasteiger partial charge on any atom is -0.493 e. The van der Waals surface area contributed by atoms with Crippen molar-refractivity contribution >= 4 is 45.5 Å². The van der Waals surface area contributed by atoms with Crippen LogP contribution in [0.1, 0.15) is 29.2 Å². The molecule has 1 unspecified atom stereocenters. The summed E-state index contributed by atoms with van der Waals surface area (Å²) in [6.07, 6.45) is 2.36. The minimum absolute atomic E-state index is 0.0555. The van der Waals surface area contributed by atoms with Gasteiger partial charge in [-0.2, -0.15) is 5.10 Å². The summed E-state index contributed by atoms with van der Waals surface area (Å²) in [5.74, 6) is 1.83. The van der Waals surface area contributed by atoms with Crippen molar-refractivity contribution in [3.05, 3.63) is 94.6 Å². The van der Waals surface area contributed by atoms with Crippen molar-refractivity contribution in [1.82, 2.24) is 9.99 Å². The van der Waals surface area contributed by atoms with Crippen molar-refractivity contribution in [2.45, 2.75) is 19.4 Å². The van der Waals surface area contributed by atoms with Gasteiger partial charge in [-0.25, -0.2) is 5.01 Å². The SMILES string of the molecule is COc1cc(C2=NN(C(N)=S)C(c3ccc(C)cc3)C2)ccc1Oc1ccnc2cc(Cl)ccc12. The molecular weight excluding hydrogens is 480 g/mol. The van der Waals surface area contributed by atoms with Gasteiger partial charge in [0.1, 0.15) is 5.75 Å². The van der Waals surface area contributed by atoms with E-state index >= 15 is 0 Å². The molecular formula is C27H23ClN4O2S. The Morgan fingerprint density at radius 1 is 1.03 bits per heavy atom. The summed E-state index contributed by atoms with van der Waals surface area (Å²) in [7, 11) is 1.61. The van der Waals surface area contributed by atoms with Crippen molar-refractivity contribution in [2.24, 2.45) is 10.8 Å². The van der Waals surface area contributed by atoms with E-state index < -0.39 is 0 Å². The molecule has 1 aliphatic heterocycles. The molecule has 0 aliphatic carbocycles. The quantitative estimate of drug-likeness (QED) is 0.319. The van der Waals surface area contributed by atoms with Gasteiger partial charge in [-0.05, 0) is 67.2 Å². The molecule has 35 heavy (non-hydrogen) atoms. The van der Waals surface area contributed by atoms with Crippen LogP contribution in [0.3, 0.4) is 0 Å². The Morgan fingerprint density at radius 3 is 2.57 bits per heavy atom. The highest BCUT2D eigenvalue weighted by Crippen LogP contribution is 2.38. The van der Waals surface area contributed by atoms with Crippen LogP contribution in [0.15, 0.2) is 78.0 Å². The van der Waals surface area contributed by atoms with Crippen LogP contribution in [0.25, 0.3) is 10.9 Å². The second-order valence-corrected chi connectivity index (χ2v) is 9.15. The number of ether oxygens (including phenoxy) is 2. The molecule has 176 valence electrons. The third kappa shape index (κ3) is 4.65. The summed E-state index contributed by atoms with van der Waals surface area (Å²) >= 11 is 11.4. The van der Waals surface area contributed by atoms with Gasteiger partial charge in [-0.15, -0.1) is 0 Å². The Morgan fingerprint density at radius 2 is 1.83 bits per heavy atom. The fourth-order valence-corrected chi connectivity index (χ4v) is 4.50. The first-order valence-electron chi connectivity index (χ1n) is 11.1. The molecule has 6 nitrogen and oxygen atoms in total. The second kappa shape index (κ2) is 9.52. The molecule has 0 saturated carbocycles. The van der Waals surface area contributed by atoms with Crippen molar-refractivity contribution < 1.29 is 9.47 Å². The summed E-state index contributed by atoms with van der Waals surface area (Å²) in [5, 5.41) is 8.17. The van der Waals surface area contributed by atoms with Gasteiger partial charge in [0.2, 0.25) is 0 Å². The van der Waals surface area contributed by atoms with E-state index in [4.69, 9.17) is 44.1 Å². The summed E-state index contributed by atoms with van der Waals surface area (Å²) in [5.41, 5.74) is 10.9. The van der Waals surface area contributed by atoms with Crippen LogP contribution in [-0.2, 0) is 0 Å². The number of aromatic nitrogens is 1. The Labute approximate surface area is 213 Å². The third-order valence-electron chi connectivity index (χ3n) is 5.98. The van der Waals surface area contributed by atoms with Crippen LogP contribution < -0.4 is 15.2 Å². The van der Waals surface area contributed by atoms with Crippen LogP contribution in [0.2, 0.25) is 5.02 Å². The number of hydrogen-bond acceptors (Lipinski definition) is 5. The Kier molecular flexibility index (Phi) is 6.28. The molecule has 4 aromatic rings. The number of fused-ring (bicyclic) bond motifs is 1. The zero-order valence-corrected chi connectivity index (χ0v) is 20.8. The molecule has 0 radical (unpaired) electrons. The number of halogens is 1. The van der Waals surface area contributed by atoms with Crippen LogP contribution in [0, 0.1) is 6.92 Å². The molecule has 1 aliphatic rings. The number of nitrogens with two attached hydrogens (primary N) is 1. The van der Waals surface area contributed by atoms with Gasteiger partial charge in [-0.1, -0.05) is 41.4 Å². The van der Waals surface area contributed by atoms with Crippen molar-refractivity contribution in [3.63, 3.8) is 0 Å². The molecule has 0 fully saturated rings. The van der Waals surface area contributed by atoms with E-state index in [1.54, 1.807) is 24.4 Å². The van der Waals surface area contributed by atoms with E-state index in [1.165, 1.54) is 5.56 Å². The largest absolute Gasteiger partial charge is 0.493 e. The zero-order chi connectivity index (χ0) is 24.5.